The molecule has 0 saturated heterocycles. The molecule has 0 aromatic rings. The quantitative estimate of drug-likeness (QED) is 0.434. The molecule has 0 N–H and O–H groups in total. The van der Waals surface area contributed by atoms with Crippen molar-refractivity contribution in [1.82, 2.24) is 0 Å². The minimum atomic E-state index is -1.27. The Morgan fingerprint density at radius 2 is 1.75 bits per heavy atom. The fraction of sp³-hybridized carbons (Fsp3) is 0.714. The van der Waals surface area contributed by atoms with Crippen molar-refractivity contribution < 1.29 is 32.6 Å². The highest BCUT2D eigenvalue weighted by Crippen LogP contribution is 2.39. The van der Waals surface area contributed by atoms with Crippen molar-refractivity contribution >= 4 is 11.9 Å². The molecule has 2 aliphatic rings. The molecule has 1 fully saturated rings. The third-order valence-electron chi connectivity index (χ3n) is 5.22. The Labute approximate surface area is 165 Å². The van der Waals surface area contributed by atoms with E-state index < -0.39 is 29.5 Å². The van der Waals surface area contributed by atoms with Crippen LogP contribution in [0.15, 0.2) is 23.5 Å². The SMILES string of the molecule is CCCCOC(=O)C1C(F)=C(F)C(OC2CCC(C(=O)OCC)CC2)=CC1C. The van der Waals surface area contributed by atoms with E-state index in [0.29, 0.717) is 38.7 Å². The van der Waals surface area contributed by atoms with Gasteiger partial charge in [-0.05, 0) is 51.0 Å². The molecule has 2 unspecified atom stereocenters. The number of rotatable bonds is 8. The number of esters is 2. The second kappa shape index (κ2) is 10.6. The molecule has 0 radical (unpaired) electrons. The molecule has 0 spiro atoms. The zero-order valence-electron chi connectivity index (χ0n) is 16.8. The number of unbranched alkanes of at least 4 members (excludes halogenated alkanes) is 1. The average molecular weight is 400 g/mol. The van der Waals surface area contributed by atoms with Gasteiger partial charge in [-0.25, -0.2) is 4.39 Å². The van der Waals surface area contributed by atoms with Gasteiger partial charge in [-0.15, -0.1) is 0 Å². The molecule has 0 heterocycles. The van der Waals surface area contributed by atoms with Crippen LogP contribution < -0.4 is 0 Å². The lowest BCUT2D eigenvalue weighted by Gasteiger charge is -2.30. The Balaban J connectivity index is 1.94. The third-order valence-corrected chi connectivity index (χ3v) is 5.22. The lowest BCUT2D eigenvalue weighted by Crippen LogP contribution is -2.30. The Bertz CT molecular complexity index is 620. The Hall–Kier alpha value is -1.92. The molecule has 0 amide bonds. The van der Waals surface area contributed by atoms with E-state index in [-0.39, 0.29) is 30.4 Å². The van der Waals surface area contributed by atoms with Crippen LogP contribution in [0, 0.1) is 17.8 Å². The summed E-state index contributed by atoms with van der Waals surface area (Å²) in [5.74, 6) is -5.41. The summed E-state index contributed by atoms with van der Waals surface area (Å²) in [5, 5.41) is 0. The van der Waals surface area contributed by atoms with Crippen LogP contribution in [0.3, 0.4) is 0 Å². The molecule has 2 rings (SSSR count). The monoisotopic (exact) mass is 400 g/mol. The summed E-state index contributed by atoms with van der Waals surface area (Å²) >= 11 is 0. The zero-order chi connectivity index (χ0) is 20.7. The predicted molar refractivity (Wildman–Crippen MR) is 99.3 cm³/mol. The van der Waals surface area contributed by atoms with Crippen molar-refractivity contribution in [3.05, 3.63) is 23.5 Å². The molecule has 0 aromatic heterocycles. The van der Waals surface area contributed by atoms with Crippen LogP contribution in [0.25, 0.3) is 0 Å². The first-order valence-corrected chi connectivity index (χ1v) is 10.2. The number of carbonyl (C=O) groups is 2. The van der Waals surface area contributed by atoms with Crippen LogP contribution in [0.1, 0.15) is 59.3 Å². The highest BCUT2D eigenvalue weighted by Gasteiger charge is 2.39. The van der Waals surface area contributed by atoms with Crippen molar-refractivity contribution in [2.75, 3.05) is 13.2 Å². The van der Waals surface area contributed by atoms with E-state index in [1.807, 2.05) is 6.92 Å². The van der Waals surface area contributed by atoms with Gasteiger partial charge in [0.25, 0.3) is 0 Å². The minimum absolute atomic E-state index is 0.165. The van der Waals surface area contributed by atoms with Gasteiger partial charge in [0.2, 0.25) is 0 Å². The molecule has 28 heavy (non-hydrogen) atoms. The molecular weight excluding hydrogens is 370 g/mol. The fourth-order valence-electron chi connectivity index (χ4n) is 3.57. The number of halogens is 2. The van der Waals surface area contributed by atoms with Gasteiger partial charge in [-0.3, -0.25) is 9.59 Å². The van der Waals surface area contributed by atoms with Crippen molar-refractivity contribution in [2.24, 2.45) is 17.8 Å². The minimum Gasteiger partial charge on any atom is -0.488 e. The lowest BCUT2D eigenvalue weighted by atomic mass is 9.86. The van der Waals surface area contributed by atoms with Crippen LogP contribution in [-0.4, -0.2) is 31.3 Å². The van der Waals surface area contributed by atoms with E-state index >= 15 is 0 Å². The lowest BCUT2D eigenvalue weighted by molar-refractivity contribution is -0.150. The summed E-state index contributed by atoms with van der Waals surface area (Å²) in [6.07, 6.45) is 4.98. The largest absolute Gasteiger partial charge is 0.488 e. The first kappa shape index (κ1) is 22.4. The molecule has 0 aromatic carbocycles. The Morgan fingerprint density at radius 3 is 2.36 bits per heavy atom. The highest BCUT2D eigenvalue weighted by atomic mass is 19.2. The maximum absolute atomic E-state index is 14.5. The van der Waals surface area contributed by atoms with Crippen LogP contribution in [0.4, 0.5) is 8.78 Å². The van der Waals surface area contributed by atoms with Gasteiger partial charge in [-0.2, -0.15) is 4.39 Å². The third kappa shape index (κ3) is 5.55. The topological polar surface area (TPSA) is 61.8 Å². The van der Waals surface area contributed by atoms with Gasteiger partial charge in [0.15, 0.2) is 17.4 Å². The summed E-state index contributed by atoms with van der Waals surface area (Å²) in [4.78, 5) is 23.9. The zero-order valence-corrected chi connectivity index (χ0v) is 16.8. The molecule has 5 nitrogen and oxygen atoms in total. The van der Waals surface area contributed by atoms with Gasteiger partial charge < -0.3 is 14.2 Å². The highest BCUT2D eigenvalue weighted by molar-refractivity contribution is 5.77. The number of allylic oxidation sites excluding steroid dienone is 2. The maximum Gasteiger partial charge on any atom is 0.316 e. The summed E-state index contributed by atoms with van der Waals surface area (Å²) in [7, 11) is 0. The number of carbonyl (C=O) groups excluding carboxylic acids is 2. The van der Waals surface area contributed by atoms with Gasteiger partial charge in [-0.1, -0.05) is 20.3 Å². The molecule has 0 bridgehead atoms. The fourth-order valence-corrected chi connectivity index (χ4v) is 3.57. The summed E-state index contributed by atoms with van der Waals surface area (Å²) < 4.78 is 44.8. The molecule has 7 heteroatoms. The van der Waals surface area contributed by atoms with Gasteiger partial charge in [0.1, 0.15) is 5.92 Å². The predicted octanol–water partition coefficient (Wildman–Crippen LogP) is 4.77. The Morgan fingerprint density at radius 1 is 1.07 bits per heavy atom. The van der Waals surface area contributed by atoms with Crippen molar-refractivity contribution in [3.8, 4) is 0 Å². The summed E-state index contributed by atoms with van der Waals surface area (Å²) in [6.45, 7) is 5.89. The second-order valence-corrected chi connectivity index (χ2v) is 7.39. The van der Waals surface area contributed by atoms with Crippen molar-refractivity contribution in [3.63, 3.8) is 0 Å². The number of ether oxygens (including phenoxy) is 3. The first-order chi connectivity index (χ1) is 13.4. The van der Waals surface area contributed by atoms with E-state index in [1.54, 1.807) is 13.8 Å². The first-order valence-electron chi connectivity index (χ1n) is 10.2. The van der Waals surface area contributed by atoms with Gasteiger partial charge in [0.05, 0.1) is 25.2 Å². The van der Waals surface area contributed by atoms with Gasteiger partial charge in [0, 0.05) is 0 Å². The van der Waals surface area contributed by atoms with Crippen molar-refractivity contribution in [1.29, 1.82) is 0 Å². The molecule has 1 saturated carbocycles. The number of hydrogen-bond acceptors (Lipinski definition) is 5. The van der Waals surface area contributed by atoms with Crippen LogP contribution >= 0.6 is 0 Å². The Kier molecular flexibility index (Phi) is 8.45. The maximum atomic E-state index is 14.5. The smallest absolute Gasteiger partial charge is 0.316 e. The second-order valence-electron chi connectivity index (χ2n) is 7.39. The number of hydrogen-bond donors (Lipinski definition) is 0. The van der Waals surface area contributed by atoms with Crippen molar-refractivity contribution in [2.45, 2.75) is 65.4 Å². The normalized spacial score (nSPS) is 27.8. The molecule has 158 valence electrons. The molecular formula is C21H30F2O5. The molecule has 2 aliphatic carbocycles. The van der Waals surface area contributed by atoms with E-state index in [1.165, 1.54) is 6.08 Å². The summed E-state index contributed by atoms with van der Waals surface area (Å²) in [5.41, 5.74) is 0. The van der Waals surface area contributed by atoms with E-state index in [0.717, 1.165) is 6.42 Å². The van der Waals surface area contributed by atoms with Gasteiger partial charge >= 0.3 is 11.9 Å². The van der Waals surface area contributed by atoms with E-state index in [4.69, 9.17) is 14.2 Å². The van der Waals surface area contributed by atoms with Crippen LogP contribution in [-0.2, 0) is 23.8 Å². The van der Waals surface area contributed by atoms with E-state index in [2.05, 4.69) is 0 Å². The van der Waals surface area contributed by atoms with E-state index in [9.17, 15) is 18.4 Å². The molecule has 2 atom stereocenters. The van der Waals surface area contributed by atoms with Crippen LogP contribution in [0.5, 0.6) is 0 Å². The average Bonchev–Trinajstić information content (AvgIpc) is 2.67. The molecule has 0 aliphatic heterocycles. The standard InChI is InChI=1S/C21H30F2O5/c1-4-6-11-27-21(25)17-13(3)12-16(18(22)19(17)23)28-15-9-7-14(8-10-15)20(24)26-5-2/h12-15,17H,4-11H2,1-3H3. The van der Waals surface area contributed by atoms with Crippen LogP contribution in [0.2, 0.25) is 0 Å². The summed E-state index contributed by atoms with van der Waals surface area (Å²) in [6, 6.07) is 0.